The summed E-state index contributed by atoms with van der Waals surface area (Å²) in [6.45, 7) is 0.617. The number of rotatable bonds is 3. The molecule has 0 amide bonds. The van der Waals surface area contributed by atoms with Gasteiger partial charge in [0.1, 0.15) is 0 Å². The van der Waals surface area contributed by atoms with Gasteiger partial charge in [-0.3, -0.25) is 0 Å². The van der Waals surface area contributed by atoms with Crippen LogP contribution in [-0.4, -0.2) is 32.7 Å². The van der Waals surface area contributed by atoms with Crippen molar-refractivity contribution in [1.29, 1.82) is 0 Å². The molecule has 0 aromatic rings. The fourth-order valence-corrected chi connectivity index (χ4v) is 2.84. The highest BCUT2D eigenvalue weighted by Crippen LogP contribution is 2.22. The summed E-state index contributed by atoms with van der Waals surface area (Å²) in [4.78, 5) is 0. The summed E-state index contributed by atoms with van der Waals surface area (Å²) < 4.78 is 23.9. The summed E-state index contributed by atoms with van der Waals surface area (Å²) >= 11 is 1.90. The predicted octanol–water partition coefficient (Wildman–Crippen LogP) is 0.289. The summed E-state index contributed by atoms with van der Waals surface area (Å²) in [5.41, 5.74) is 0. The Morgan fingerprint density at radius 1 is 1.64 bits per heavy atom. The average Bonchev–Trinajstić information content (AvgIpc) is 2.32. The van der Waals surface area contributed by atoms with E-state index in [1.807, 2.05) is 11.8 Å². The number of sulfonamides is 1. The molecule has 11 heavy (non-hydrogen) atoms. The largest absolute Gasteiger partial charge is 0.215 e. The zero-order chi connectivity index (χ0) is 8.32. The number of nitrogens with one attached hydrogen (secondary N) is 1. The number of hydrogen-bond acceptors (Lipinski definition) is 3. The summed E-state index contributed by atoms with van der Waals surface area (Å²) in [6.07, 6.45) is 2.35. The molecule has 1 atom stereocenters. The van der Waals surface area contributed by atoms with Crippen molar-refractivity contribution >= 4 is 21.8 Å². The maximum Gasteiger partial charge on any atom is 0.208 e. The highest BCUT2D eigenvalue weighted by atomic mass is 32.2. The van der Waals surface area contributed by atoms with E-state index in [1.165, 1.54) is 12.0 Å². The first-order valence-corrected chi connectivity index (χ1v) is 6.65. The van der Waals surface area contributed by atoms with Gasteiger partial charge in [-0.1, -0.05) is 0 Å². The summed E-state index contributed by atoms with van der Waals surface area (Å²) in [5.74, 6) is 2.83. The lowest BCUT2D eigenvalue weighted by Crippen LogP contribution is -2.28. The maximum atomic E-state index is 10.7. The third kappa shape index (κ3) is 3.98. The smallest absolute Gasteiger partial charge is 0.208 e. The predicted molar refractivity (Wildman–Crippen MR) is 48.3 cm³/mol. The lowest BCUT2D eigenvalue weighted by Gasteiger charge is -2.07. The third-order valence-corrected chi connectivity index (χ3v) is 3.58. The molecule has 3 nitrogen and oxygen atoms in total. The van der Waals surface area contributed by atoms with Crippen LogP contribution in [0.2, 0.25) is 0 Å². The van der Waals surface area contributed by atoms with Crippen LogP contribution < -0.4 is 4.72 Å². The Labute approximate surface area is 72.0 Å². The zero-order valence-corrected chi connectivity index (χ0v) is 8.17. The molecule has 1 saturated heterocycles. The van der Waals surface area contributed by atoms with Crippen LogP contribution in [-0.2, 0) is 10.0 Å². The Morgan fingerprint density at radius 2 is 2.36 bits per heavy atom. The highest BCUT2D eigenvalue weighted by Gasteiger charge is 2.16. The van der Waals surface area contributed by atoms with E-state index in [2.05, 4.69) is 4.72 Å². The van der Waals surface area contributed by atoms with Crippen LogP contribution in [0.4, 0.5) is 0 Å². The molecule has 1 aliphatic heterocycles. The molecule has 66 valence electrons. The van der Waals surface area contributed by atoms with Crippen LogP contribution >= 0.6 is 11.8 Å². The Kier molecular flexibility index (Phi) is 3.21. The van der Waals surface area contributed by atoms with Gasteiger partial charge in [-0.05, 0) is 23.8 Å². The van der Waals surface area contributed by atoms with E-state index in [0.29, 0.717) is 12.5 Å². The lowest BCUT2D eigenvalue weighted by atomic mass is 10.1. The van der Waals surface area contributed by atoms with Crippen LogP contribution in [0.25, 0.3) is 0 Å². The fourth-order valence-electron chi connectivity index (χ4n) is 1.01. The van der Waals surface area contributed by atoms with Gasteiger partial charge in [-0.25, -0.2) is 13.1 Å². The van der Waals surface area contributed by atoms with Gasteiger partial charge in [0, 0.05) is 6.54 Å². The van der Waals surface area contributed by atoms with Crippen molar-refractivity contribution < 1.29 is 8.42 Å². The average molecular weight is 195 g/mol. The fraction of sp³-hybridized carbons (Fsp3) is 1.00. The van der Waals surface area contributed by atoms with Gasteiger partial charge in [0.15, 0.2) is 0 Å². The molecule has 0 spiro atoms. The van der Waals surface area contributed by atoms with Crippen molar-refractivity contribution in [3.63, 3.8) is 0 Å². The van der Waals surface area contributed by atoms with Crippen LogP contribution in [0.1, 0.15) is 6.42 Å². The molecule has 0 bridgehead atoms. The number of hydrogen-bond donors (Lipinski definition) is 1. The zero-order valence-electron chi connectivity index (χ0n) is 6.54. The molecule has 0 aromatic carbocycles. The molecule has 1 N–H and O–H groups in total. The molecule has 1 aliphatic rings. The molecular formula is C6H13NO2S2. The summed E-state index contributed by atoms with van der Waals surface area (Å²) in [7, 11) is -2.97. The van der Waals surface area contributed by atoms with Gasteiger partial charge in [-0.2, -0.15) is 11.8 Å². The standard InChI is InChI=1S/C6H13NO2S2/c1-11(8,9)7-4-6-2-3-10-5-6/h6-7H,2-5H2,1H3. The lowest BCUT2D eigenvalue weighted by molar-refractivity contribution is 0.550. The molecule has 0 radical (unpaired) electrons. The Bertz CT molecular complexity index is 207. The van der Waals surface area contributed by atoms with E-state index in [9.17, 15) is 8.42 Å². The quantitative estimate of drug-likeness (QED) is 0.704. The van der Waals surface area contributed by atoms with E-state index in [0.717, 1.165) is 12.2 Å². The van der Waals surface area contributed by atoms with Gasteiger partial charge < -0.3 is 0 Å². The van der Waals surface area contributed by atoms with Gasteiger partial charge in [0.25, 0.3) is 0 Å². The van der Waals surface area contributed by atoms with Crippen molar-refractivity contribution in [2.45, 2.75) is 6.42 Å². The van der Waals surface area contributed by atoms with Gasteiger partial charge >= 0.3 is 0 Å². The van der Waals surface area contributed by atoms with Crippen molar-refractivity contribution in [2.75, 3.05) is 24.3 Å². The first-order chi connectivity index (χ1) is 5.08. The van der Waals surface area contributed by atoms with Crippen LogP contribution in [0.3, 0.4) is 0 Å². The minimum atomic E-state index is -2.97. The molecule has 1 heterocycles. The topological polar surface area (TPSA) is 46.2 Å². The van der Waals surface area contributed by atoms with E-state index >= 15 is 0 Å². The first-order valence-electron chi connectivity index (χ1n) is 3.60. The minimum Gasteiger partial charge on any atom is -0.215 e. The molecule has 0 saturated carbocycles. The van der Waals surface area contributed by atoms with Gasteiger partial charge in [0.05, 0.1) is 6.26 Å². The van der Waals surface area contributed by atoms with E-state index < -0.39 is 10.0 Å². The van der Waals surface area contributed by atoms with Crippen molar-refractivity contribution in [1.82, 2.24) is 4.72 Å². The molecule has 5 heteroatoms. The van der Waals surface area contributed by atoms with Gasteiger partial charge in [-0.15, -0.1) is 0 Å². The maximum absolute atomic E-state index is 10.7. The van der Waals surface area contributed by atoms with Crippen molar-refractivity contribution in [3.05, 3.63) is 0 Å². The third-order valence-electron chi connectivity index (χ3n) is 1.66. The molecule has 0 aromatic heterocycles. The van der Waals surface area contributed by atoms with E-state index in [4.69, 9.17) is 0 Å². The molecule has 1 fully saturated rings. The first kappa shape index (κ1) is 9.35. The Hall–Kier alpha value is 0.260. The summed E-state index contributed by atoms with van der Waals surface area (Å²) in [6, 6.07) is 0. The highest BCUT2D eigenvalue weighted by molar-refractivity contribution is 7.99. The molecule has 1 unspecified atom stereocenters. The second-order valence-corrected chi connectivity index (χ2v) is 5.83. The SMILES string of the molecule is CS(=O)(=O)NCC1CCSC1. The number of thioether (sulfide) groups is 1. The van der Waals surface area contributed by atoms with Crippen LogP contribution in [0.15, 0.2) is 0 Å². The van der Waals surface area contributed by atoms with Gasteiger partial charge in [0.2, 0.25) is 10.0 Å². The van der Waals surface area contributed by atoms with Crippen molar-refractivity contribution in [2.24, 2.45) is 5.92 Å². The van der Waals surface area contributed by atoms with E-state index in [1.54, 1.807) is 0 Å². The normalized spacial score (nSPS) is 25.7. The summed E-state index contributed by atoms with van der Waals surface area (Å²) in [5, 5.41) is 0. The van der Waals surface area contributed by atoms with Crippen LogP contribution in [0.5, 0.6) is 0 Å². The monoisotopic (exact) mass is 195 g/mol. The second kappa shape index (κ2) is 3.78. The Balaban J connectivity index is 2.22. The molecule has 0 aliphatic carbocycles. The minimum absolute atomic E-state index is 0.551. The van der Waals surface area contributed by atoms with Crippen molar-refractivity contribution in [3.8, 4) is 0 Å². The molecule has 1 rings (SSSR count). The van der Waals surface area contributed by atoms with E-state index in [-0.39, 0.29) is 0 Å². The Morgan fingerprint density at radius 3 is 2.82 bits per heavy atom. The molecular weight excluding hydrogens is 182 g/mol. The second-order valence-electron chi connectivity index (χ2n) is 2.85. The van der Waals surface area contributed by atoms with Crippen LogP contribution in [0, 0.1) is 5.92 Å².